The SMILES string of the molecule is Cc1ccc(-n2[n-]c(C)c(N=Nc3cc(S(=O)(=O)[O-])cc([N+](=O)[O-])c3[O-])c2=O)cc1.O.O.O.[Cr+3]. The van der Waals surface area contributed by atoms with E-state index in [9.17, 15) is 33.0 Å². The first-order valence-corrected chi connectivity index (χ1v) is 9.60. The number of nitro groups is 1. The van der Waals surface area contributed by atoms with Crippen molar-refractivity contribution >= 4 is 27.2 Å². The Morgan fingerprint density at radius 1 is 1.03 bits per heavy atom. The van der Waals surface area contributed by atoms with Gasteiger partial charge in [-0.2, -0.15) is 5.11 Å². The average Bonchev–Trinajstić information content (AvgIpc) is 2.94. The van der Waals surface area contributed by atoms with Gasteiger partial charge in [-0.25, -0.2) is 8.42 Å². The molecule has 3 rings (SSSR count). The fourth-order valence-corrected chi connectivity index (χ4v) is 3.02. The first-order chi connectivity index (χ1) is 14.0. The monoisotopic (exact) mass is 536 g/mol. The molecule has 0 spiro atoms. The van der Waals surface area contributed by atoms with Crippen molar-refractivity contribution < 1.29 is 56.8 Å². The third-order valence-corrected chi connectivity index (χ3v) is 4.85. The van der Waals surface area contributed by atoms with Crippen LogP contribution in [0, 0.1) is 24.0 Å². The standard InChI is InChI=1S/C17H15N5O7S.Cr.3H2O/c1-9-3-5-11(6-4-9)21-17(24)15(10(2)20-21)19-18-13-7-12(30(27,28)29)8-14(16(13)23)22(25)26;;;;/h3-8H,1-2H3,(H3,18,19,20,23,24,27,28,29);;3*1H2/q;+3;;;/p-3. The van der Waals surface area contributed by atoms with Gasteiger partial charge >= 0.3 is 17.4 Å². The van der Waals surface area contributed by atoms with Gasteiger partial charge in [0.25, 0.3) is 11.2 Å². The fraction of sp³-hybridized carbons (Fsp3) is 0.118. The quantitative estimate of drug-likeness (QED) is 0.172. The second-order valence-electron chi connectivity index (χ2n) is 6.19. The normalized spacial score (nSPS) is 10.4. The summed E-state index contributed by atoms with van der Waals surface area (Å²) in [4.78, 5) is 21.4. The van der Waals surface area contributed by atoms with E-state index >= 15 is 0 Å². The summed E-state index contributed by atoms with van der Waals surface area (Å²) in [6.45, 7) is 3.32. The molecule has 1 radical (unpaired) electrons. The molecule has 2 aromatic carbocycles. The number of nitro benzene ring substituents is 1. The van der Waals surface area contributed by atoms with Crippen LogP contribution in [0.25, 0.3) is 5.69 Å². The largest absolute Gasteiger partial charge is 3.00 e. The predicted octanol–water partition coefficient (Wildman–Crippen LogP) is -0.764. The van der Waals surface area contributed by atoms with E-state index in [-0.39, 0.29) is 45.2 Å². The molecule has 6 N–H and O–H groups in total. The molecular weight excluding hydrogens is 518 g/mol. The molecule has 17 heteroatoms. The van der Waals surface area contributed by atoms with Crippen LogP contribution in [-0.2, 0) is 27.5 Å². The van der Waals surface area contributed by atoms with Crippen molar-refractivity contribution in [1.29, 1.82) is 0 Å². The summed E-state index contributed by atoms with van der Waals surface area (Å²) in [5, 5.41) is 34.3. The maximum atomic E-state index is 12.6. The molecule has 0 aliphatic rings. The molecule has 1 heterocycles. The van der Waals surface area contributed by atoms with E-state index in [2.05, 4.69) is 15.3 Å². The van der Waals surface area contributed by atoms with Crippen LogP contribution in [0.1, 0.15) is 11.3 Å². The Kier molecular flexibility index (Phi) is 11.7. The molecule has 0 saturated heterocycles. The summed E-state index contributed by atoms with van der Waals surface area (Å²) >= 11 is 0. The van der Waals surface area contributed by atoms with Gasteiger partial charge in [0.05, 0.1) is 15.5 Å². The molecule has 34 heavy (non-hydrogen) atoms. The summed E-state index contributed by atoms with van der Waals surface area (Å²) in [6, 6.07) is 7.77. The van der Waals surface area contributed by atoms with E-state index in [4.69, 9.17) is 0 Å². The second kappa shape index (κ2) is 12.2. The Hall–Kier alpha value is -3.43. The van der Waals surface area contributed by atoms with Crippen molar-refractivity contribution in [2.24, 2.45) is 10.2 Å². The van der Waals surface area contributed by atoms with Gasteiger partial charge in [-0.1, -0.05) is 24.6 Å². The number of aromatic nitrogens is 2. The van der Waals surface area contributed by atoms with Crippen molar-refractivity contribution in [2.45, 2.75) is 18.7 Å². The van der Waals surface area contributed by atoms with Gasteiger partial charge in [0, 0.05) is 17.5 Å². The average molecular weight is 536 g/mol. The van der Waals surface area contributed by atoms with Crippen molar-refractivity contribution in [1.82, 2.24) is 9.78 Å². The van der Waals surface area contributed by atoms with E-state index in [1.807, 2.05) is 6.92 Å². The number of nitrogens with zero attached hydrogens (tertiary/aromatic N) is 5. The molecule has 15 nitrogen and oxygen atoms in total. The van der Waals surface area contributed by atoms with Crippen molar-refractivity contribution in [3.8, 4) is 11.4 Å². The Labute approximate surface area is 202 Å². The topological polar surface area (TPSA) is 279 Å². The van der Waals surface area contributed by atoms with Crippen molar-refractivity contribution in [3.05, 3.63) is 68.1 Å². The smallest absolute Gasteiger partial charge is 0.866 e. The minimum Gasteiger partial charge on any atom is -0.866 e. The Morgan fingerprint density at radius 3 is 2.09 bits per heavy atom. The second-order valence-corrected chi connectivity index (χ2v) is 7.57. The Bertz CT molecular complexity index is 1350. The number of aryl methyl sites for hydroxylation is 2. The van der Waals surface area contributed by atoms with E-state index in [0.29, 0.717) is 17.8 Å². The molecule has 0 aliphatic carbocycles. The van der Waals surface area contributed by atoms with Crippen LogP contribution in [0.5, 0.6) is 5.75 Å². The van der Waals surface area contributed by atoms with Gasteiger partial charge in [0.1, 0.15) is 15.8 Å². The summed E-state index contributed by atoms with van der Waals surface area (Å²) in [7, 11) is -5.11. The third kappa shape index (κ3) is 6.55. The molecule has 0 bridgehead atoms. The van der Waals surface area contributed by atoms with E-state index in [1.54, 1.807) is 24.3 Å². The molecule has 0 fully saturated rings. The van der Waals surface area contributed by atoms with Crippen LogP contribution in [0.15, 0.2) is 56.3 Å². The van der Waals surface area contributed by atoms with E-state index in [1.165, 1.54) is 6.92 Å². The third-order valence-electron chi connectivity index (χ3n) is 4.03. The molecule has 3 aromatic rings. The molecule has 1 aromatic heterocycles. The molecule has 0 aliphatic heterocycles. The maximum absolute atomic E-state index is 12.6. The van der Waals surface area contributed by atoms with Crippen LogP contribution in [-0.4, -0.2) is 39.0 Å². The minimum absolute atomic E-state index is 0. The van der Waals surface area contributed by atoms with Crippen LogP contribution in [0.3, 0.4) is 0 Å². The molecule has 183 valence electrons. The van der Waals surface area contributed by atoms with Crippen LogP contribution in [0.2, 0.25) is 0 Å². The van der Waals surface area contributed by atoms with Crippen LogP contribution in [0.4, 0.5) is 17.1 Å². The number of benzene rings is 2. The summed E-state index contributed by atoms with van der Waals surface area (Å²) in [5.74, 6) is -1.26. The molecule has 0 atom stereocenters. The van der Waals surface area contributed by atoms with Gasteiger partial charge in [0.15, 0.2) is 0 Å². The van der Waals surface area contributed by atoms with Gasteiger partial charge in [-0.05, 0) is 25.1 Å². The summed E-state index contributed by atoms with van der Waals surface area (Å²) in [5.41, 5.74) is -1.29. The Morgan fingerprint density at radius 2 is 1.59 bits per heavy atom. The maximum Gasteiger partial charge on any atom is 3.00 e. The van der Waals surface area contributed by atoms with Gasteiger partial charge < -0.3 is 35.9 Å². The number of rotatable bonds is 5. The van der Waals surface area contributed by atoms with E-state index in [0.717, 1.165) is 10.2 Å². The number of azo groups is 1. The minimum atomic E-state index is -5.11. The zero-order valence-corrected chi connectivity index (χ0v) is 19.5. The van der Waals surface area contributed by atoms with Crippen molar-refractivity contribution in [3.63, 3.8) is 0 Å². The number of hydrogen-bond acceptors (Lipinski definition) is 9. The first-order valence-electron chi connectivity index (χ1n) is 8.20. The molecule has 0 saturated carbocycles. The van der Waals surface area contributed by atoms with Gasteiger partial charge in [-0.3, -0.25) is 14.9 Å². The zero-order valence-electron chi connectivity index (χ0n) is 17.4. The summed E-state index contributed by atoms with van der Waals surface area (Å²) < 4.78 is 34.7. The first kappa shape index (κ1) is 32.7. The fourth-order valence-electron chi connectivity index (χ4n) is 2.51. The molecular formula is C17H18CrN5O10S. The van der Waals surface area contributed by atoms with Crippen LogP contribution < -0.4 is 15.8 Å². The van der Waals surface area contributed by atoms with Crippen LogP contribution >= 0.6 is 0 Å². The molecule has 0 unspecified atom stereocenters. The molecule has 0 amide bonds. The predicted molar refractivity (Wildman–Crippen MR) is 110 cm³/mol. The Balaban J connectivity index is 0. The van der Waals surface area contributed by atoms with E-state index < -0.39 is 42.6 Å². The van der Waals surface area contributed by atoms with Crippen molar-refractivity contribution in [2.75, 3.05) is 0 Å². The van der Waals surface area contributed by atoms with Gasteiger partial charge in [0.2, 0.25) is 0 Å². The zero-order chi connectivity index (χ0) is 22.2. The summed E-state index contributed by atoms with van der Waals surface area (Å²) in [6.07, 6.45) is 0. The number of hydrogen-bond donors (Lipinski definition) is 0. The van der Waals surface area contributed by atoms with Gasteiger partial charge in [-0.15, -0.1) is 10.8 Å².